The van der Waals surface area contributed by atoms with Crippen LogP contribution in [0.4, 0.5) is 10.5 Å². The van der Waals surface area contributed by atoms with Crippen molar-refractivity contribution in [2.75, 3.05) is 18.0 Å². The van der Waals surface area contributed by atoms with E-state index in [2.05, 4.69) is 11.8 Å². The van der Waals surface area contributed by atoms with Crippen LogP contribution in [0.3, 0.4) is 0 Å². The second kappa shape index (κ2) is 10.8. The number of carbonyl (C=O) groups excluding carboxylic acids is 1. The molecule has 9 nitrogen and oxygen atoms in total. The van der Waals surface area contributed by atoms with E-state index in [0.29, 0.717) is 17.7 Å². The Morgan fingerprint density at radius 3 is 2.24 bits per heavy atom. The zero-order valence-corrected chi connectivity index (χ0v) is 20.8. The molecule has 190 valence electrons. The van der Waals surface area contributed by atoms with E-state index in [0.717, 1.165) is 25.9 Å². The van der Waals surface area contributed by atoms with E-state index in [1.165, 1.54) is 12.1 Å². The molecule has 0 aliphatic carbocycles. The molecule has 3 aromatic carbocycles. The highest BCUT2D eigenvalue weighted by Gasteiger charge is 2.40. The number of hydroxylamine groups is 1. The van der Waals surface area contributed by atoms with Crippen LogP contribution in [0.25, 0.3) is 11.1 Å². The van der Waals surface area contributed by atoms with Crippen molar-refractivity contribution in [1.29, 1.82) is 0 Å². The Bertz CT molecular complexity index is 1480. The number of nitrogens with zero attached hydrogens (tertiary/aromatic N) is 2. The molecular weight excluding hydrogens is 494 g/mol. The van der Waals surface area contributed by atoms with Gasteiger partial charge in [0.05, 0.1) is 11.4 Å². The summed E-state index contributed by atoms with van der Waals surface area (Å²) in [5.74, 6) is 4.59. The van der Waals surface area contributed by atoms with Gasteiger partial charge in [-0.25, -0.2) is 18.7 Å². The average Bonchev–Trinajstić information content (AvgIpc) is 2.92. The lowest BCUT2D eigenvalue weighted by Gasteiger charge is -2.34. The van der Waals surface area contributed by atoms with Crippen molar-refractivity contribution >= 4 is 27.7 Å². The minimum absolute atomic E-state index is 0.0122. The molecule has 0 saturated heterocycles. The zero-order chi connectivity index (χ0) is 26.6. The van der Waals surface area contributed by atoms with Gasteiger partial charge >= 0.3 is 6.09 Å². The summed E-state index contributed by atoms with van der Waals surface area (Å²) in [5.41, 5.74) is 4.95. The number of amides is 2. The van der Waals surface area contributed by atoms with Gasteiger partial charge in [-0.1, -0.05) is 54.5 Å². The minimum Gasteiger partial charge on any atom is -0.465 e. The van der Waals surface area contributed by atoms with Crippen molar-refractivity contribution in [1.82, 2.24) is 9.79 Å². The van der Waals surface area contributed by atoms with E-state index in [1.807, 2.05) is 12.1 Å². The third-order valence-electron chi connectivity index (χ3n) is 6.22. The lowest BCUT2D eigenvalue weighted by molar-refractivity contribution is -0.133. The Morgan fingerprint density at radius 2 is 1.65 bits per heavy atom. The second-order valence-corrected chi connectivity index (χ2v) is 10.2. The van der Waals surface area contributed by atoms with Crippen LogP contribution >= 0.6 is 0 Å². The van der Waals surface area contributed by atoms with E-state index < -0.39 is 28.1 Å². The third kappa shape index (κ3) is 5.20. The van der Waals surface area contributed by atoms with Crippen LogP contribution in [0, 0.1) is 11.8 Å². The Morgan fingerprint density at radius 1 is 1.03 bits per heavy atom. The predicted octanol–water partition coefficient (Wildman–Crippen LogP) is 3.65. The van der Waals surface area contributed by atoms with Gasteiger partial charge in [0.15, 0.2) is 0 Å². The molecule has 0 spiro atoms. The van der Waals surface area contributed by atoms with Crippen LogP contribution in [0.2, 0.25) is 0 Å². The first-order valence-corrected chi connectivity index (χ1v) is 12.9. The van der Waals surface area contributed by atoms with Gasteiger partial charge < -0.3 is 5.11 Å². The molecule has 37 heavy (non-hydrogen) atoms. The smallest absolute Gasteiger partial charge is 0.412 e. The molecular formula is C27H25N3O6S. The van der Waals surface area contributed by atoms with Crippen molar-refractivity contribution in [2.24, 2.45) is 0 Å². The Hall–Kier alpha value is -4.17. The Balaban J connectivity index is 1.60. The number of fused-ring (bicyclic) bond motifs is 1. The maximum Gasteiger partial charge on any atom is 0.412 e. The molecule has 1 aliphatic heterocycles. The van der Waals surface area contributed by atoms with E-state index in [1.54, 1.807) is 60.9 Å². The lowest BCUT2D eigenvalue weighted by Crippen LogP contribution is -2.46. The quantitative estimate of drug-likeness (QED) is 0.259. The molecule has 0 fully saturated rings. The van der Waals surface area contributed by atoms with Crippen molar-refractivity contribution < 1.29 is 28.3 Å². The van der Waals surface area contributed by atoms with Crippen molar-refractivity contribution in [3.8, 4) is 23.0 Å². The summed E-state index contributed by atoms with van der Waals surface area (Å²) in [6, 6.07) is 18.9. The van der Waals surface area contributed by atoms with Crippen LogP contribution in [0.1, 0.15) is 24.1 Å². The van der Waals surface area contributed by atoms with Crippen molar-refractivity contribution in [3.63, 3.8) is 0 Å². The monoisotopic (exact) mass is 519 g/mol. The number of rotatable bonds is 6. The maximum absolute atomic E-state index is 13.5. The van der Waals surface area contributed by atoms with Crippen LogP contribution in [0.5, 0.6) is 0 Å². The van der Waals surface area contributed by atoms with Gasteiger partial charge in [0, 0.05) is 12.2 Å². The molecule has 1 aliphatic rings. The number of carbonyl (C=O) groups is 2. The van der Waals surface area contributed by atoms with E-state index in [-0.39, 0.29) is 18.0 Å². The number of sulfonamides is 1. The average molecular weight is 520 g/mol. The van der Waals surface area contributed by atoms with Crippen molar-refractivity contribution in [2.45, 2.75) is 24.3 Å². The van der Waals surface area contributed by atoms with Gasteiger partial charge in [-0.15, -0.1) is 5.92 Å². The Kier molecular flexibility index (Phi) is 7.59. The summed E-state index contributed by atoms with van der Waals surface area (Å²) in [6.07, 6.45) is -0.676. The molecule has 0 radical (unpaired) electrons. The third-order valence-corrected chi connectivity index (χ3v) is 8.09. The van der Waals surface area contributed by atoms with Crippen molar-refractivity contribution in [3.05, 3.63) is 83.9 Å². The number of benzene rings is 3. The zero-order valence-electron chi connectivity index (χ0n) is 20.0. The summed E-state index contributed by atoms with van der Waals surface area (Å²) in [7, 11) is -4.07. The number of nitrogens with one attached hydrogen (secondary N) is 1. The number of hydrogen-bond acceptors (Lipinski definition) is 5. The molecule has 0 aromatic heterocycles. The molecule has 0 unspecified atom stereocenters. The first kappa shape index (κ1) is 25.9. The van der Waals surface area contributed by atoms with Crippen LogP contribution in [0.15, 0.2) is 77.7 Å². The molecule has 10 heteroatoms. The fraction of sp³-hybridized carbons (Fsp3) is 0.185. The summed E-state index contributed by atoms with van der Waals surface area (Å²) in [6.45, 7) is 1.77. The molecule has 1 heterocycles. The van der Waals surface area contributed by atoms with E-state index in [4.69, 9.17) is 0 Å². The summed E-state index contributed by atoms with van der Waals surface area (Å²) >= 11 is 0. The summed E-state index contributed by atoms with van der Waals surface area (Å²) in [4.78, 5) is 25.2. The molecule has 3 aromatic rings. The standard InChI is InChI=1S/C27H25N3O6S/c1-2-3-17-29(27(32)33)22-12-8-19(9-13-22)20-10-14-23(15-11-20)37(35,36)30-18-16-21-6-4-5-7-24(21)25(30)26(31)28-34/h4-15,25,34H,16-18H2,1H3,(H,28,31)(H,32,33)/t25-/m1/s1. The lowest BCUT2D eigenvalue weighted by atomic mass is 9.94. The number of carboxylic acid groups (broad SMARTS) is 1. The minimum atomic E-state index is -4.07. The molecule has 1 atom stereocenters. The van der Waals surface area contributed by atoms with E-state index in [9.17, 15) is 28.3 Å². The summed E-state index contributed by atoms with van der Waals surface area (Å²) < 4.78 is 28.2. The van der Waals surface area contributed by atoms with Gasteiger partial charge in [-0.2, -0.15) is 4.31 Å². The molecule has 2 amide bonds. The van der Waals surface area contributed by atoms with Gasteiger partial charge in [0.1, 0.15) is 6.04 Å². The van der Waals surface area contributed by atoms with Crippen LogP contribution < -0.4 is 10.4 Å². The van der Waals surface area contributed by atoms with Gasteiger partial charge in [0.25, 0.3) is 5.91 Å². The molecule has 3 N–H and O–H groups in total. The Labute approximate surface area is 215 Å². The molecule has 4 rings (SSSR count). The largest absolute Gasteiger partial charge is 0.465 e. The highest BCUT2D eigenvalue weighted by molar-refractivity contribution is 7.89. The first-order valence-electron chi connectivity index (χ1n) is 11.4. The van der Waals surface area contributed by atoms with Gasteiger partial charge in [0.2, 0.25) is 10.0 Å². The maximum atomic E-state index is 13.5. The first-order chi connectivity index (χ1) is 17.8. The topological polar surface area (TPSA) is 127 Å². The number of hydrogen-bond donors (Lipinski definition) is 3. The highest BCUT2D eigenvalue weighted by atomic mass is 32.2. The van der Waals surface area contributed by atoms with Gasteiger partial charge in [-0.05, 0) is 59.9 Å². The normalized spacial score (nSPS) is 15.1. The fourth-order valence-electron chi connectivity index (χ4n) is 4.35. The van der Waals surface area contributed by atoms with Crippen LogP contribution in [-0.2, 0) is 21.2 Å². The molecule has 0 bridgehead atoms. The predicted molar refractivity (Wildman–Crippen MR) is 137 cm³/mol. The molecule has 0 saturated carbocycles. The number of anilines is 1. The van der Waals surface area contributed by atoms with E-state index >= 15 is 0 Å². The summed E-state index contributed by atoms with van der Waals surface area (Å²) in [5, 5.41) is 18.7. The van der Waals surface area contributed by atoms with Gasteiger partial charge in [-0.3, -0.25) is 14.9 Å². The fourth-order valence-corrected chi connectivity index (χ4v) is 5.92. The van der Waals surface area contributed by atoms with Crippen LogP contribution in [-0.4, -0.2) is 48.1 Å². The highest BCUT2D eigenvalue weighted by Crippen LogP contribution is 2.35. The second-order valence-electron chi connectivity index (χ2n) is 8.31. The SMILES string of the molecule is CC#CCN(C(=O)O)c1ccc(-c2ccc(S(=O)(=O)N3CCc4ccccc4[C@@H]3C(=O)NO)cc2)cc1.